The Balaban J connectivity index is 1.40. The van der Waals surface area contributed by atoms with Crippen LogP contribution in [-0.2, 0) is 11.2 Å². The van der Waals surface area contributed by atoms with E-state index < -0.39 is 6.04 Å². The minimum atomic E-state index is -0.493. The van der Waals surface area contributed by atoms with E-state index >= 15 is 0 Å². The molecule has 0 spiro atoms. The Kier molecular flexibility index (Phi) is 5.67. The lowest BCUT2D eigenvalue weighted by molar-refractivity contribution is -0.119. The van der Waals surface area contributed by atoms with Gasteiger partial charge in [0.1, 0.15) is 11.9 Å². The molecule has 0 bridgehead atoms. The molecule has 5 nitrogen and oxygen atoms in total. The number of carbonyl (C=O) groups excluding carboxylic acids is 2. The average Bonchev–Trinajstić information content (AvgIpc) is 3.39. The monoisotopic (exact) mass is 409 g/mol. The van der Waals surface area contributed by atoms with Crippen molar-refractivity contribution in [1.82, 2.24) is 9.88 Å². The Hall–Kier alpha value is -3.06. The predicted octanol–water partition coefficient (Wildman–Crippen LogP) is 4.12. The third kappa shape index (κ3) is 4.51. The largest absolute Gasteiger partial charge is 0.327 e. The van der Waals surface area contributed by atoms with E-state index in [9.17, 15) is 14.0 Å². The molecule has 148 valence electrons. The second kappa shape index (κ2) is 8.53. The Labute approximate surface area is 172 Å². The van der Waals surface area contributed by atoms with E-state index in [0.717, 1.165) is 16.9 Å². The molecule has 1 unspecified atom stereocenters. The van der Waals surface area contributed by atoms with Gasteiger partial charge in [-0.1, -0.05) is 30.3 Å². The zero-order valence-corrected chi connectivity index (χ0v) is 16.5. The lowest BCUT2D eigenvalue weighted by Crippen LogP contribution is -2.43. The molecule has 1 fully saturated rings. The van der Waals surface area contributed by atoms with Crippen LogP contribution in [0, 0.1) is 5.82 Å². The number of likely N-dealkylation sites (tertiary alicyclic amines) is 1. The topological polar surface area (TPSA) is 62.3 Å². The third-order valence-electron chi connectivity index (χ3n) is 4.91. The number of carbonyl (C=O) groups is 2. The highest BCUT2D eigenvalue weighted by Crippen LogP contribution is 2.25. The molecule has 2 amide bonds. The fourth-order valence-electron chi connectivity index (χ4n) is 3.47. The number of amides is 2. The Morgan fingerprint density at radius 2 is 1.90 bits per heavy atom. The van der Waals surface area contributed by atoms with Crippen LogP contribution in [0.15, 0.2) is 60.8 Å². The van der Waals surface area contributed by atoms with Crippen molar-refractivity contribution < 1.29 is 14.0 Å². The fourth-order valence-corrected chi connectivity index (χ4v) is 4.32. The molecule has 1 aromatic heterocycles. The molecule has 7 heteroatoms. The molecule has 1 atom stereocenters. The van der Waals surface area contributed by atoms with Crippen LogP contribution >= 0.6 is 11.3 Å². The molecule has 3 aromatic rings. The molecule has 29 heavy (non-hydrogen) atoms. The molecule has 2 heterocycles. The van der Waals surface area contributed by atoms with Crippen LogP contribution in [0.4, 0.5) is 9.52 Å². The molecule has 1 N–H and O–H groups in total. The number of aromatic nitrogens is 1. The minimum Gasteiger partial charge on any atom is -0.327 e. The van der Waals surface area contributed by atoms with E-state index in [-0.39, 0.29) is 17.6 Å². The van der Waals surface area contributed by atoms with Gasteiger partial charge in [-0.2, -0.15) is 0 Å². The molecular weight excluding hydrogens is 389 g/mol. The van der Waals surface area contributed by atoms with Gasteiger partial charge in [-0.15, -0.1) is 11.3 Å². The van der Waals surface area contributed by atoms with Crippen molar-refractivity contribution in [2.45, 2.75) is 25.3 Å². The summed E-state index contributed by atoms with van der Waals surface area (Å²) < 4.78 is 13.0. The second-order valence-corrected chi connectivity index (χ2v) is 8.06. The van der Waals surface area contributed by atoms with Crippen LogP contribution in [0.2, 0.25) is 0 Å². The van der Waals surface area contributed by atoms with Gasteiger partial charge in [-0.25, -0.2) is 9.37 Å². The molecule has 1 aliphatic heterocycles. The molecule has 0 aliphatic carbocycles. The molecule has 1 aliphatic rings. The molecule has 2 aromatic carbocycles. The van der Waals surface area contributed by atoms with E-state index in [2.05, 4.69) is 10.3 Å². The summed E-state index contributed by atoms with van der Waals surface area (Å²) in [6, 6.07) is 14.8. The molecule has 0 radical (unpaired) electrons. The fraction of sp³-hybridized carbons (Fsp3) is 0.227. The Morgan fingerprint density at radius 3 is 2.66 bits per heavy atom. The summed E-state index contributed by atoms with van der Waals surface area (Å²) in [6.07, 6.45) is 3.77. The number of nitrogens with zero attached hydrogens (tertiary/aromatic N) is 2. The van der Waals surface area contributed by atoms with Crippen molar-refractivity contribution in [3.05, 3.63) is 82.6 Å². The summed E-state index contributed by atoms with van der Waals surface area (Å²) in [5.41, 5.74) is 1.56. The van der Waals surface area contributed by atoms with Crippen molar-refractivity contribution in [2.24, 2.45) is 0 Å². The van der Waals surface area contributed by atoms with E-state index in [1.165, 1.54) is 23.5 Å². The summed E-state index contributed by atoms with van der Waals surface area (Å²) in [5, 5.41) is 3.36. The van der Waals surface area contributed by atoms with E-state index in [0.29, 0.717) is 30.1 Å². The summed E-state index contributed by atoms with van der Waals surface area (Å²) in [4.78, 5) is 32.4. The molecule has 1 saturated heterocycles. The number of nitrogens with one attached hydrogen (secondary N) is 1. The highest BCUT2D eigenvalue weighted by Gasteiger charge is 2.34. The van der Waals surface area contributed by atoms with Crippen LogP contribution in [0.1, 0.15) is 33.6 Å². The number of benzene rings is 2. The van der Waals surface area contributed by atoms with Crippen LogP contribution in [0.3, 0.4) is 0 Å². The maximum absolute atomic E-state index is 13.0. The Morgan fingerprint density at radius 1 is 1.14 bits per heavy atom. The highest BCUT2D eigenvalue weighted by atomic mass is 32.1. The predicted molar refractivity (Wildman–Crippen MR) is 110 cm³/mol. The van der Waals surface area contributed by atoms with Gasteiger partial charge >= 0.3 is 0 Å². The van der Waals surface area contributed by atoms with Crippen LogP contribution in [0.25, 0.3) is 0 Å². The maximum Gasteiger partial charge on any atom is 0.254 e. The Bertz CT molecular complexity index is 1000. The number of hydrogen-bond acceptors (Lipinski definition) is 4. The van der Waals surface area contributed by atoms with Gasteiger partial charge in [-0.3, -0.25) is 9.59 Å². The van der Waals surface area contributed by atoms with Gasteiger partial charge < -0.3 is 10.2 Å². The summed E-state index contributed by atoms with van der Waals surface area (Å²) >= 11 is 1.38. The maximum atomic E-state index is 13.0. The summed E-state index contributed by atoms with van der Waals surface area (Å²) in [6.45, 7) is 0.569. The standard InChI is InChI=1S/C22H20FN3O2S/c23-17-10-8-15(9-11-17)13-18-14-24-22(29-18)25-20(27)19-7-4-12-26(19)21(28)16-5-2-1-3-6-16/h1-3,5-6,8-11,14,19H,4,7,12-13H2,(H,24,25,27). The van der Waals surface area contributed by atoms with Crippen molar-refractivity contribution in [3.63, 3.8) is 0 Å². The van der Waals surface area contributed by atoms with Gasteiger partial charge in [0.25, 0.3) is 5.91 Å². The van der Waals surface area contributed by atoms with Crippen molar-refractivity contribution in [2.75, 3.05) is 11.9 Å². The van der Waals surface area contributed by atoms with Crippen molar-refractivity contribution in [1.29, 1.82) is 0 Å². The highest BCUT2D eigenvalue weighted by molar-refractivity contribution is 7.15. The van der Waals surface area contributed by atoms with Crippen LogP contribution in [-0.4, -0.2) is 34.3 Å². The number of halogens is 1. The SMILES string of the molecule is O=C(Nc1ncc(Cc2ccc(F)cc2)s1)C1CCCN1C(=O)c1ccccc1. The number of thiazole rings is 1. The zero-order valence-electron chi connectivity index (χ0n) is 15.7. The second-order valence-electron chi connectivity index (χ2n) is 6.95. The number of rotatable bonds is 5. The average molecular weight is 409 g/mol. The van der Waals surface area contributed by atoms with Gasteiger partial charge in [0.05, 0.1) is 0 Å². The quantitative estimate of drug-likeness (QED) is 0.690. The first kappa shape index (κ1) is 19.3. The lowest BCUT2D eigenvalue weighted by atomic mass is 10.1. The normalized spacial score (nSPS) is 16.0. The van der Waals surface area contributed by atoms with Gasteiger partial charge in [0.15, 0.2) is 5.13 Å². The summed E-state index contributed by atoms with van der Waals surface area (Å²) in [7, 11) is 0. The number of hydrogen-bond donors (Lipinski definition) is 1. The molecular formula is C22H20FN3O2S. The van der Waals surface area contributed by atoms with Gasteiger partial charge in [0.2, 0.25) is 5.91 Å². The van der Waals surface area contributed by atoms with Crippen molar-refractivity contribution in [3.8, 4) is 0 Å². The smallest absolute Gasteiger partial charge is 0.254 e. The first-order chi connectivity index (χ1) is 14.1. The lowest BCUT2D eigenvalue weighted by Gasteiger charge is -2.23. The zero-order chi connectivity index (χ0) is 20.2. The summed E-state index contributed by atoms with van der Waals surface area (Å²) in [5.74, 6) is -0.606. The number of anilines is 1. The van der Waals surface area contributed by atoms with Gasteiger partial charge in [-0.05, 0) is 42.7 Å². The first-order valence-electron chi connectivity index (χ1n) is 9.46. The van der Waals surface area contributed by atoms with Crippen LogP contribution in [0.5, 0.6) is 0 Å². The third-order valence-corrected chi connectivity index (χ3v) is 5.83. The molecule has 0 saturated carbocycles. The minimum absolute atomic E-state index is 0.126. The van der Waals surface area contributed by atoms with E-state index in [1.807, 2.05) is 18.2 Å². The van der Waals surface area contributed by atoms with E-state index in [4.69, 9.17) is 0 Å². The van der Waals surface area contributed by atoms with Crippen molar-refractivity contribution >= 4 is 28.3 Å². The van der Waals surface area contributed by atoms with E-state index in [1.54, 1.807) is 35.4 Å². The van der Waals surface area contributed by atoms with Gasteiger partial charge in [0, 0.05) is 29.6 Å². The molecule has 4 rings (SSSR count). The van der Waals surface area contributed by atoms with Crippen LogP contribution < -0.4 is 5.32 Å². The first-order valence-corrected chi connectivity index (χ1v) is 10.3.